The Morgan fingerprint density at radius 2 is 1.81 bits per heavy atom. The van der Waals surface area contributed by atoms with Gasteiger partial charge < -0.3 is 14.2 Å². The maximum Gasteiger partial charge on any atom is 0.323 e. The zero-order valence-corrected chi connectivity index (χ0v) is 17.8. The third kappa shape index (κ3) is 5.78. The second-order valence-corrected chi connectivity index (χ2v) is 6.62. The molecule has 0 radical (unpaired) electrons. The molecule has 0 unspecified atom stereocenters. The van der Waals surface area contributed by atoms with E-state index < -0.39 is 22.5 Å². The molecule has 0 aromatic heterocycles. The van der Waals surface area contributed by atoms with Gasteiger partial charge in [0.25, 0.3) is 5.91 Å². The van der Waals surface area contributed by atoms with Gasteiger partial charge in [-0.3, -0.25) is 19.7 Å². The number of hydrogen-bond donors (Lipinski definition) is 1. The van der Waals surface area contributed by atoms with Crippen molar-refractivity contribution in [2.75, 3.05) is 13.7 Å². The minimum atomic E-state index is -0.693. The average molecular weight is 429 g/mol. The summed E-state index contributed by atoms with van der Waals surface area (Å²) in [5.41, 5.74) is 4.73. The second-order valence-electron chi connectivity index (χ2n) is 6.62. The van der Waals surface area contributed by atoms with E-state index in [9.17, 15) is 19.7 Å². The van der Waals surface area contributed by atoms with Gasteiger partial charge in [-0.05, 0) is 49.6 Å². The number of nitrogens with one attached hydrogen (secondary N) is 1. The number of ether oxygens (including phenoxy) is 3. The van der Waals surface area contributed by atoms with Crippen molar-refractivity contribution >= 4 is 23.8 Å². The quantitative estimate of drug-likeness (QED) is 0.224. The van der Waals surface area contributed by atoms with Gasteiger partial charge in [0.05, 0.1) is 23.8 Å². The van der Waals surface area contributed by atoms with Crippen molar-refractivity contribution in [3.8, 4) is 17.2 Å². The Kier molecular flexibility index (Phi) is 7.67. The van der Waals surface area contributed by atoms with Crippen molar-refractivity contribution in [1.29, 1.82) is 0 Å². The van der Waals surface area contributed by atoms with Gasteiger partial charge in [0.1, 0.15) is 5.75 Å². The maximum atomic E-state index is 12.1. The van der Waals surface area contributed by atoms with Crippen molar-refractivity contribution in [3.05, 3.63) is 56.6 Å². The molecule has 1 N–H and O–H groups in total. The number of esters is 1. The summed E-state index contributed by atoms with van der Waals surface area (Å²) in [5, 5.41) is 15.3. The van der Waals surface area contributed by atoms with Crippen LogP contribution in [0.2, 0.25) is 0 Å². The van der Waals surface area contributed by atoms with E-state index in [0.717, 1.165) is 29.8 Å². The van der Waals surface area contributed by atoms with Crippen LogP contribution in [0.5, 0.6) is 17.2 Å². The fourth-order valence-electron chi connectivity index (χ4n) is 2.78. The monoisotopic (exact) mass is 429 g/mol. The van der Waals surface area contributed by atoms with E-state index in [2.05, 4.69) is 10.5 Å². The summed E-state index contributed by atoms with van der Waals surface area (Å²) in [6.45, 7) is 6.61. The summed E-state index contributed by atoms with van der Waals surface area (Å²) in [6.07, 6.45) is 1.10. The zero-order valence-electron chi connectivity index (χ0n) is 17.8. The van der Waals surface area contributed by atoms with E-state index in [-0.39, 0.29) is 23.7 Å². The first kappa shape index (κ1) is 23.3. The highest BCUT2D eigenvalue weighted by Gasteiger charge is 2.25. The number of aryl methyl sites for hydroxylation is 2. The molecular formula is C21H23N3O7. The lowest BCUT2D eigenvalue weighted by atomic mass is 10.1. The van der Waals surface area contributed by atoms with Crippen LogP contribution in [0.3, 0.4) is 0 Å². The number of nitro benzene ring substituents is 1. The molecular weight excluding hydrogens is 406 g/mol. The molecule has 0 saturated heterocycles. The summed E-state index contributed by atoms with van der Waals surface area (Å²) in [6, 6.07) is 6.53. The topological polar surface area (TPSA) is 129 Å². The number of benzene rings is 2. The predicted molar refractivity (Wildman–Crippen MR) is 113 cm³/mol. The zero-order chi connectivity index (χ0) is 23.1. The molecule has 2 rings (SSSR count). The molecule has 1 amide bonds. The standard InChI is InChI=1S/C21H23N3O7/c1-12-6-7-13(2)20(14(12)3)30-11-18(26)23-22-10-16-8-9-17(31-15(4)25)21(29-5)19(16)24(27)28/h6-10H,11H2,1-5H3,(H,23,26). The fourth-order valence-corrected chi connectivity index (χ4v) is 2.78. The van der Waals surface area contributed by atoms with Crippen LogP contribution in [-0.2, 0) is 9.59 Å². The number of nitrogens with zero attached hydrogens (tertiary/aromatic N) is 2. The summed E-state index contributed by atoms with van der Waals surface area (Å²) >= 11 is 0. The highest BCUT2D eigenvalue weighted by molar-refractivity contribution is 5.90. The Morgan fingerprint density at radius 1 is 1.13 bits per heavy atom. The maximum absolute atomic E-state index is 12.1. The van der Waals surface area contributed by atoms with Crippen LogP contribution >= 0.6 is 0 Å². The largest absolute Gasteiger partial charge is 0.488 e. The molecule has 10 heteroatoms. The number of hydrogen-bond acceptors (Lipinski definition) is 8. The molecule has 0 heterocycles. The van der Waals surface area contributed by atoms with E-state index in [0.29, 0.717) is 5.75 Å². The molecule has 0 aliphatic rings. The molecule has 2 aromatic rings. The van der Waals surface area contributed by atoms with E-state index >= 15 is 0 Å². The summed E-state index contributed by atoms with van der Waals surface area (Å²) in [7, 11) is 1.21. The predicted octanol–water partition coefficient (Wildman–Crippen LogP) is 2.98. The molecule has 31 heavy (non-hydrogen) atoms. The molecule has 0 bridgehead atoms. The molecule has 0 aliphatic heterocycles. The number of amides is 1. The van der Waals surface area contributed by atoms with Crippen molar-refractivity contribution in [1.82, 2.24) is 5.43 Å². The Morgan fingerprint density at radius 3 is 2.42 bits per heavy atom. The van der Waals surface area contributed by atoms with Gasteiger partial charge >= 0.3 is 11.7 Å². The van der Waals surface area contributed by atoms with Crippen molar-refractivity contribution in [3.63, 3.8) is 0 Å². The van der Waals surface area contributed by atoms with Gasteiger partial charge in [0.2, 0.25) is 5.75 Å². The minimum Gasteiger partial charge on any atom is -0.488 e. The first-order valence-electron chi connectivity index (χ1n) is 9.21. The first-order valence-corrected chi connectivity index (χ1v) is 9.21. The van der Waals surface area contributed by atoms with Crippen LogP contribution in [0.15, 0.2) is 29.4 Å². The van der Waals surface area contributed by atoms with Crippen LogP contribution < -0.4 is 19.6 Å². The Hall–Kier alpha value is -3.95. The third-order valence-corrected chi connectivity index (χ3v) is 4.38. The molecule has 0 spiro atoms. The third-order valence-electron chi connectivity index (χ3n) is 4.38. The van der Waals surface area contributed by atoms with Gasteiger partial charge in [-0.2, -0.15) is 5.10 Å². The molecule has 2 aromatic carbocycles. The van der Waals surface area contributed by atoms with Crippen LogP contribution in [0.4, 0.5) is 5.69 Å². The smallest absolute Gasteiger partial charge is 0.323 e. The van der Waals surface area contributed by atoms with Gasteiger partial charge in [0.15, 0.2) is 12.4 Å². The van der Waals surface area contributed by atoms with Gasteiger partial charge in [0, 0.05) is 6.92 Å². The van der Waals surface area contributed by atoms with E-state index in [4.69, 9.17) is 14.2 Å². The molecule has 164 valence electrons. The summed E-state index contributed by atoms with van der Waals surface area (Å²) in [4.78, 5) is 34.1. The highest BCUT2D eigenvalue weighted by Crippen LogP contribution is 2.39. The Labute approximate surface area is 179 Å². The average Bonchev–Trinajstić information content (AvgIpc) is 2.70. The van der Waals surface area contributed by atoms with Crippen LogP contribution in [0, 0.1) is 30.9 Å². The summed E-state index contributed by atoms with van der Waals surface area (Å²) < 4.78 is 15.6. The van der Waals surface area contributed by atoms with E-state index in [1.54, 1.807) is 0 Å². The van der Waals surface area contributed by atoms with Crippen molar-refractivity contribution in [2.24, 2.45) is 5.10 Å². The lowest BCUT2D eigenvalue weighted by molar-refractivity contribution is -0.385. The number of rotatable bonds is 8. The minimum absolute atomic E-state index is 0.0457. The normalized spacial score (nSPS) is 10.6. The van der Waals surface area contributed by atoms with Crippen LogP contribution in [-0.4, -0.2) is 36.7 Å². The first-order chi connectivity index (χ1) is 14.6. The number of nitro groups is 1. The Balaban J connectivity index is 2.13. The van der Waals surface area contributed by atoms with Crippen molar-refractivity contribution < 1.29 is 28.7 Å². The highest BCUT2D eigenvalue weighted by atomic mass is 16.6. The molecule has 0 atom stereocenters. The van der Waals surface area contributed by atoms with Gasteiger partial charge in [-0.15, -0.1) is 0 Å². The summed E-state index contributed by atoms with van der Waals surface area (Å²) in [5.74, 6) is -0.895. The SMILES string of the molecule is COc1c(OC(C)=O)ccc(C=NNC(=O)COc2c(C)ccc(C)c2C)c1[N+](=O)[O-]. The molecule has 0 fully saturated rings. The number of carbonyl (C=O) groups excluding carboxylic acids is 2. The number of carbonyl (C=O) groups is 2. The van der Waals surface area contributed by atoms with Crippen molar-refractivity contribution in [2.45, 2.75) is 27.7 Å². The number of hydrazone groups is 1. The van der Waals surface area contributed by atoms with Crippen LogP contribution in [0.1, 0.15) is 29.2 Å². The lowest BCUT2D eigenvalue weighted by Gasteiger charge is -2.13. The molecule has 0 aliphatic carbocycles. The van der Waals surface area contributed by atoms with Gasteiger partial charge in [-0.25, -0.2) is 5.43 Å². The van der Waals surface area contributed by atoms with Gasteiger partial charge in [-0.1, -0.05) is 12.1 Å². The molecule has 10 nitrogen and oxygen atoms in total. The fraction of sp³-hybridized carbons (Fsp3) is 0.286. The van der Waals surface area contributed by atoms with E-state index in [1.165, 1.54) is 19.2 Å². The van der Waals surface area contributed by atoms with E-state index in [1.807, 2.05) is 32.9 Å². The van der Waals surface area contributed by atoms with Crippen LogP contribution in [0.25, 0.3) is 0 Å². The second kappa shape index (κ2) is 10.2. The lowest BCUT2D eigenvalue weighted by Crippen LogP contribution is -2.25. The Bertz CT molecular complexity index is 1050. The molecule has 0 saturated carbocycles. The number of methoxy groups -OCH3 is 1.